The molecule has 0 saturated carbocycles. The average Bonchev–Trinajstić information content (AvgIpc) is 2.35. The molecule has 0 atom stereocenters. The van der Waals surface area contributed by atoms with Gasteiger partial charge in [0, 0.05) is 32.9 Å². The van der Waals surface area contributed by atoms with Crippen LogP contribution in [0.5, 0.6) is 0 Å². The fourth-order valence-corrected chi connectivity index (χ4v) is 1.60. The zero-order valence-corrected chi connectivity index (χ0v) is 10.6. The topological polar surface area (TPSA) is 37.4 Å². The van der Waals surface area contributed by atoms with E-state index >= 15 is 0 Å². The maximum Gasteiger partial charge on any atom is 0.129 e. The minimum absolute atomic E-state index is 0.686. The van der Waals surface area contributed by atoms with Crippen LogP contribution < -0.4 is 10.2 Å². The van der Waals surface area contributed by atoms with Crippen LogP contribution in [0.25, 0.3) is 0 Å². The maximum atomic E-state index is 5.10. The predicted molar refractivity (Wildman–Crippen MR) is 71.3 cm³/mol. The number of pyridine rings is 1. The molecule has 0 bridgehead atoms. The van der Waals surface area contributed by atoms with Crippen molar-refractivity contribution in [2.75, 3.05) is 38.8 Å². The lowest BCUT2D eigenvalue weighted by Gasteiger charge is -2.22. The van der Waals surface area contributed by atoms with Crippen LogP contribution >= 0.6 is 0 Å². The molecular weight excluding hydrogens is 214 g/mol. The number of hydrogen-bond donors (Lipinski definition) is 1. The van der Waals surface area contributed by atoms with Crippen molar-refractivity contribution in [1.29, 1.82) is 0 Å². The zero-order chi connectivity index (χ0) is 12.5. The molecule has 4 nitrogen and oxygen atoms in total. The average molecular weight is 235 g/mol. The van der Waals surface area contributed by atoms with Crippen LogP contribution in [0.2, 0.25) is 0 Å². The Morgan fingerprint density at radius 3 is 3.06 bits per heavy atom. The number of nitrogens with zero attached hydrogens (tertiary/aromatic N) is 2. The highest BCUT2D eigenvalue weighted by molar-refractivity contribution is 5.41. The predicted octanol–water partition coefficient (Wildman–Crippen LogP) is 1.44. The Hall–Kier alpha value is -1.39. The van der Waals surface area contributed by atoms with E-state index in [1.165, 1.54) is 5.56 Å². The summed E-state index contributed by atoms with van der Waals surface area (Å²) >= 11 is 0. The van der Waals surface area contributed by atoms with Gasteiger partial charge in [-0.1, -0.05) is 6.08 Å². The number of methoxy groups -OCH3 is 1. The second-order valence-corrected chi connectivity index (χ2v) is 3.78. The van der Waals surface area contributed by atoms with Gasteiger partial charge in [-0.2, -0.15) is 0 Å². The lowest BCUT2D eigenvalue weighted by Crippen LogP contribution is -2.28. The zero-order valence-electron chi connectivity index (χ0n) is 10.6. The van der Waals surface area contributed by atoms with E-state index in [-0.39, 0.29) is 0 Å². The van der Waals surface area contributed by atoms with Gasteiger partial charge < -0.3 is 15.0 Å². The Kier molecular flexibility index (Phi) is 6.29. The maximum absolute atomic E-state index is 5.10. The number of rotatable bonds is 8. The van der Waals surface area contributed by atoms with Crippen molar-refractivity contribution in [3.05, 3.63) is 36.5 Å². The van der Waals surface area contributed by atoms with Crippen molar-refractivity contribution in [3.63, 3.8) is 0 Å². The summed E-state index contributed by atoms with van der Waals surface area (Å²) in [6.07, 6.45) is 3.72. The fraction of sp³-hybridized carbons (Fsp3) is 0.462. The van der Waals surface area contributed by atoms with E-state index in [1.54, 1.807) is 7.11 Å². The van der Waals surface area contributed by atoms with E-state index in [9.17, 15) is 0 Å². The van der Waals surface area contributed by atoms with Crippen LogP contribution in [0.15, 0.2) is 31.0 Å². The van der Waals surface area contributed by atoms with Gasteiger partial charge in [0.15, 0.2) is 0 Å². The molecule has 0 unspecified atom stereocenters. The van der Waals surface area contributed by atoms with Crippen LogP contribution in [-0.2, 0) is 11.3 Å². The Labute approximate surface area is 103 Å². The summed E-state index contributed by atoms with van der Waals surface area (Å²) in [5, 5.41) is 3.13. The molecule has 94 valence electrons. The molecule has 0 fully saturated rings. The second kappa shape index (κ2) is 7.81. The third kappa shape index (κ3) is 4.54. The number of nitrogens with one attached hydrogen (secondary N) is 1. The third-order valence-corrected chi connectivity index (χ3v) is 2.43. The molecule has 1 N–H and O–H groups in total. The van der Waals surface area contributed by atoms with Crippen molar-refractivity contribution in [1.82, 2.24) is 10.3 Å². The van der Waals surface area contributed by atoms with Crippen molar-refractivity contribution >= 4 is 5.82 Å². The molecule has 1 rings (SSSR count). The monoisotopic (exact) mass is 235 g/mol. The summed E-state index contributed by atoms with van der Waals surface area (Å²) < 4.78 is 5.10. The second-order valence-electron chi connectivity index (χ2n) is 3.78. The van der Waals surface area contributed by atoms with Crippen LogP contribution in [0.4, 0.5) is 5.82 Å². The molecule has 4 heteroatoms. The quantitative estimate of drug-likeness (QED) is 0.692. The molecule has 0 aliphatic rings. The molecule has 0 saturated heterocycles. The first kappa shape index (κ1) is 13.7. The first-order chi connectivity index (χ1) is 8.31. The molecule has 1 aromatic rings. The van der Waals surface area contributed by atoms with Crippen molar-refractivity contribution < 1.29 is 4.74 Å². The van der Waals surface area contributed by atoms with Crippen LogP contribution in [0.3, 0.4) is 0 Å². The lowest BCUT2D eigenvalue weighted by atomic mass is 10.2. The van der Waals surface area contributed by atoms with Gasteiger partial charge in [-0.3, -0.25) is 0 Å². The highest BCUT2D eigenvalue weighted by Gasteiger charge is 2.06. The van der Waals surface area contributed by atoms with Gasteiger partial charge in [-0.15, -0.1) is 6.58 Å². The fourth-order valence-electron chi connectivity index (χ4n) is 1.60. The first-order valence-corrected chi connectivity index (χ1v) is 5.76. The minimum Gasteiger partial charge on any atom is -0.383 e. The Morgan fingerprint density at radius 2 is 2.41 bits per heavy atom. The highest BCUT2D eigenvalue weighted by atomic mass is 16.5. The standard InChI is InChI=1S/C13H21N3O/c1-4-7-16(8-9-17-3)13-10-12(11-14-2)5-6-15-13/h4-6,10,14H,1,7-9,11H2,2-3H3. The van der Waals surface area contributed by atoms with Gasteiger partial charge in [-0.05, 0) is 24.7 Å². The first-order valence-electron chi connectivity index (χ1n) is 5.76. The SMILES string of the molecule is C=CCN(CCOC)c1cc(CNC)ccn1. The summed E-state index contributed by atoms with van der Waals surface area (Å²) in [4.78, 5) is 6.54. The summed E-state index contributed by atoms with van der Waals surface area (Å²) in [6, 6.07) is 4.11. The van der Waals surface area contributed by atoms with E-state index in [0.717, 1.165) is 25.5 Å². The lowest BCUT2D eigenvalue weighted by molar-refractivity contribution is 0.205. The van der Waals surface area contributed by atoms with E-state index in [4.69, 9.17) is 4.74 Å². The number of aromatic nitrogens is 1. The number of hydrogen-bond acceptors (Lipinski definition) is 4. The van der Waals surface area contributed by atoms with E-state index in [2.05, 4.69) is 27.8 Å². The molecular formula is C13H21N3O. The molecule has 0 spiro atoms. The normalized spacial score (nSPS) is 10.2. The van der Waals surface area contributed by atoms with E-state index in [0.29, 0.717) is 6.61 Å². The van der Waals surface area contributed by atoms with Crippen molar-refractivity contribution in [2.24, 2.45) is 0 Å². The summed E-state index contributed by atoms with van der Waals surface area (Å²) in [5.74, 6) is 0.967. The highest BCUT2D eigenvalue weighted by Crippen LogP contribution is 2.12. The van der Waals surface area contributed by atoms with Crippen molar-refractivity contribution in [3.8, 4) is 0 Å². The van der Waals surface area contributed by atoms with Gasteiger partial charge >= 0.3 is 0 Å². The Bertz CT molecular complexity index is 341. The minimum atomic E-state index is 0.686. The van der Waals surface area contributed by atoms with Gasteiger partial charge in [0.1, 0.15) is 5.82 Å². The molecule has 0 aliphatic carbocycles. The van der Waals surface area contributed by atoms with E-state index < -0.39 is 0 Å². The molecule has 0 radical (unpaired) electrons. The van der Waals surface area contributed by atoms with Crippen LogP contribution in [0, 0.1) is 0 Å². The molecule has 0 amide bonds. The number of ether oxygens (including phenoxy) is 1. The number of anilines is 1. The third-order valence-electron chi connectivity index (χ3n) is 2.43. The Balaban J connectivity index is 2.76. The molecule has 1 heterocycles. The largest absolute Gasteiger partial charge is 0.383 e. The van der Waals surface area contributed by atoms with Crippen LogP contribution in [-0.4, -0.2) is 38.8 Å². The van der Waals surface area contributed by atoms with Crippen molar-refractivity contribution in [2.45, 2.75) is 6.54 Å². The summed E-state index contributed by atoms with van der Waals surface area (Å²) in [6.45, 7) is 6.90. The van der Waals surface area contributed by atoms with Gasteiger partial charge in [-0.25, -0.2) is 4.98 Å². The molecule has 17 heavy (non-hydrogen) atoms. The molecule has 0 aliphatic heterocycles. The van der Waals surface area contributed by atoms with Crippen LogP contribution in [0.1, 0.15) is 5.56 Å². The molecule has 0 aromatic carbocycles. The summed E-state index contributed by atoms with van der Waals surface area (Å²) in [7, 11) is 3.64. The Morgan fingerprint density at radius 1 is 1.59 bits per heavy atom. The smallest absolute Gasteiger partial charge is 0.129 e. The summed E-state index contributed by atoms with van der Waals surface area (Å²) in [5.41, 5.74) is 1.23. The van der Waals surface area contributed by atoms with E-state index in [1.807, 2.05) is 25.4 Å². The van der Waals surface area contributed by atoms with Gasteiger partial charge in [0.05, 0.1) is 6.61 Å². The van der Waals surface area contributed by atoms with Gasteiger partial charge in [0.25, 0.3) is 0 Å². The van der Waals surface area contributed by atoms with Gasteiger partial charge in [0.2, 0.25) is 0 Å². The molecule has 1 aromatic heterocycles.